The number of fused-ring (bicyclic) bond motifs is 2. The Balaban J connectivity index is 2.15. The summed E-state index contributed by atoms with van der Waals surface area (Å²) in [6.45, 7) is 0.942. The van der Waals surface area contributed by atoms with Crippen LogP contribution in [0.2, 0.25) is 0 Å². The zero-order valence-corrected chi connectivity index (χ0v) is 12.8. The van der Waals surface area contributed by atoms with Crippen LogP contribution in [0.1, 0.15) is 6.42 Å². The first-order chi connectivity index (χ1) is 10.1. The molecular weight excluding hydrogens is 314 g/mol. The summed E-state index contributed by atoms with van der Waals surface area (Å²) in [5.74, 6) is 1.47. The van der Waals surface area contributed by atoms with Gasteiger partial charge in [-0.1, -0.05) is 0 Å². The van der Waals surface area contributed by atoms with Crippen molar-refractivity contribution in [2.45, 2.75) is 11.4 Å². The Morgan fingerprint density at radius 1 is 1.19 bits per heavy atom. The van der Waals surface area contributed by atoms with Gasteiger partial charge < -0.3 is 9.47 Å². The third kappa shape index (κ3) is 2.78. The molecule has 0 radical (unpaired) electrons. The summed E-state index contributed by atoms with van der Waals surface area (Å²) < 4.78 is 35.8. The Morgan fingerprint density at radius 2 is 1.90 bits per heavy atom. The third-order valence-corrected chi connectivity index (χ3v) is 5.24. The highest BCUT2D eigenvalue weighted by atomic mass is 35.5. The minimum Gasteiger partial charge on any atom is -0.486 e. The molecule has 5 nitrogen and oxygen atoms in total. The van der Waals surface area contributed by atoms with Crippen LogP contribution in [0.4, 0.5) is 0 Å². The van der Waals surface area contributed by atoms with E-state index in [1.807, 2.05) is 0 Å². The van der Waals surface area contributed by atoms with Gasteiger partial charge in [0.25, 0.3) is 0 Å². The molecule has 1 aromatic carbocycles. The number of hydrogen-bond acceptors (Lipinski definition) is 5. The summed E-state index contributed by atoms with van der Waals surface area (Å²) in [6.07, 6.45) is 1.89. The van der Waals surface area contributed by atoms with E-state index in [4.69, 9.17) is 21.1 Å². The average molecular weight is 328 g/mol. The Hall–Kier alpha value is -1.53. The zero-order valence-electron chi connectivity index (χ0n) is 11.2. The molecule has 0 amide bonds. The number of alkyl halides is 1. The van der Waals surface area contributed by atoms with E-state index in [9.17, 15) is 8.42 Å². The summed E-state index contributed by atoms with van der Waals surface area (Å²) in [5.41, 5.74) is 0. The highest BCUT2D eigenvalue weighted by Crippen LogP contribution is 2.36. The maximum absolute atomic E-state index is 12.4. The number of pyridine rings is 1. The summed E-state index contributed by atoms with van der Waals surface area (Å²) in [5, 5.41) is 1.39. The molecule has 0 unspecified atom stereocenters. The van der Waals surface area contributed by atoms with Crippen LogP contribution < -0.4 is 9.47 Å². The van der Waals surface area contributed by atoms with Gasteiger partial charge in [0.2, 0.25) is 0 Å². The second kappa shape index (κ2) is 5.69. The van der Waals surface area contributed by atoms with Crippen molar-refractivity contribution in [1.82, 2.24) is 4.98 Å². The molecule has 0 saturated carbocycles. The smallest absolute Gasteiger partial charge is 0.196 e. The fourth-order valence-electron chi connectivity index (χ4n) is 2.27. The van der Waals surface area contributed by atoms with Gasteiger partial charge in [-0.15, -0.1) is 11.6 Å². The van der Waals surface area contributed by atoms with Gasteiger partial charge >= 0.3 is 0 Å². The van der Waals surface area contributed by atoms with Crippen molar-refractivity contribution < 1.29 is 17.9 Å². The molecule has 2 aromatic rings. The van der Waals surface area contributed by atoms with Crippen LogP contribution in [0.5, 0.6) is 11.5 Å². The largest absolute Gasteiger partial charge is 0.486 e. The predicted octanol–water partition coefficient (Wildman–Crippen LogP) is 2.41. The van der Waals surface area contributed by atoms with Crippen LogP contribution >= 0.6 is 11.6 Å². The number of nitrogens with zero attached hydrogens (tertiary/aromatic N) is 1. The number of rotatable bonds is 4. The van der Waals surface area contributed by atoms with Crippen LogP contribution in [0.3, 0.4) is 0 Å². The molecule has 1 aliphatic heterocycles. The minimum atomic E-state index is -3.47. The Labute approximate surface area is 127 Å². The zero-order chi connectivity index (χ0) is 14.9. The molecule has 0 aliphatic carbocycles. The van der Waals surface area contributed by atoms with Gasteiger partial charge in [-0.3, -0.25) is 0 Å². The first-order valence-corrected chi connectivity index (χ1v) is 8.77. The maximum Gasteiger partial charge on any atom is 0.196 e. The van der Waals surface area contributed by atoms with Gasteiger partial charge in [0.15, 0.2) is 26.4 Å². The van der Waals surface area contributed by atoms with Crippen molar-refractivity contribution in [2.24, 2.45) is 0 Å². The van der Waals surface area contributed by atoms with E-state index in [-0.39, 0.29) is 10.8 Å². The van der Waals surface area contributed by atoms with Crippen molar-refractivity contribution >= 4 is 32.2 Å². The first-order valence-electron chi connectivity index (χ1n) is 6.59. The van der Waals surface area contributed by atoms with Crippen molar-refractivity contribution in [3.05, 3.63) is 24.4 Å². The second-order valence-corrected chi connectivity index (χ2v) is 7.10. The average Bonchev–Trinajstić information content (AvgIpc) is 2.50. The molecule has 0 bridgehead atoms. The van der Waals surface area contributed by atoms with Crippen LogP contribution in [-0.2, 0) is 9.84 Å². The van der Waals surface area contributed by atoms with E-state index in [0.717, 1.165) is 5.39 Å². The van der Waals surface area contributed by atoms with Gasteiger partial charge in [-0.2, -0.15) is 0 Å². The highest BCUT2D eigenvalue weighted by Gasteiger charge is 2.21. The second-order valence-electron chi connectivity index (χ2n) is 4.69. The summed E-state index contributed by atoms with van der Waals surface area (Å²) >= 11 is 5.59. The summed E-state index contributed by atoms with van der Waals surface area (Å²) in [4.78, 5) is 4.05. The van der Waals surface area contributed by atoms with Crippen LogP contribution in [0, 0.1) is 0 Å². The van der Waals surface area contributed by atoms with Crippen molar-refractivity contribution in [2.75, 3.05) is 24.8 Å². The number of hydrogen-bond donors (Lipinski definition) is 0. The Kier molecular flexibility index (Phi) is 3.91. The lowest BCUT2D eigenvalue weighted by molar-refractivity contribution is 0.172. The van der Waals surface area contributed by atoms with Gasteiger partial charge in [-0.25, -0.2) is 13.4 Å². The fourth-order valence-corrected chi connectivity index (χ4v) is 4.01. The monoisotopic (exact) mass is 327 g/mol. The summed E-state index contributed by atoms with van der Waals surface area (Å²) in [7, 11) is -3.47. The van der Waals surface area contributed by atoms with Gasteiger partial charge in [-0.05, 0) is 30.0 Å². The van der Waals surface area contributed by atoms with Gasteiger partial charge in [0, 0.05) is 17.5 Å². The van der Waals surface area contributed by atoms with E-state index < -0.39 is 9.84 Å². The first kappa shape index (κ1) is 14.4. The predicted molar refractivity (Wildman–Crippen MR) is 80.1 cm³/mol. The van der Waals surface area contributed by atoms with E-state index in [1.165, 1.54) is 6.20 Å². The molecule has 0 atom stereocenters. The number of ether oxygens (including phenoxy) is 2. The fraction of sp³-hybridized carbons (Fsp3) is 0.357. The lowest BCUT2D eigenvalue weighted by Gasteiger charge is -2.19. The normalized spacial score (nSPS) is 14.3. The number of halogens is 1. The Bertz CT molecular complexity index is 776. The van der Waals surface area contributed by atoms with E-state index >= 15 is 0 Å². The third-order valence-electron chi connectivity index (χ3n) is 3.23. The van der Waals surface area contributed by atoms with Crippen molar-refractivity contribution in [3.63, 3.8) is 0 Å². The quantitative estimate of drug-likeness (QED) is 0.807. The molecule has 0 spiro atoms. The topological polar surface area (TPSA) is 65.5 Å². The minimum absolute atomic E-state index is 0.0168. The number of aromatic nitrogens is 1. The molecule has 3 rings (SSSR count). The molecule has 1 aromatic heterocycles. The molecule has 21 heavy (non-hydrogen) atoms. The lowest BCUT2D eigenvalue weighted by atomic mass is 10.1. The van der Waals surface area contributed by atoms with E-state index in [2.05, 4.69) is 4.98 Å². The standard InChI is InChI=1S/C14H14ClNO4S/c15-3-1-7-21(17,18)14-11-9-13-12(19-5-6-20-13)8-10(11)2-4-16-14/h2,4,8-9H,1,3,5-7H2. The van der Waals surface area contributed by atoms with Crippen LogP contribution in [0.15, 0.2) is 29.4 Å². The van der Waals surface area contributed by atoms with Crippen LogP contribution in [-0.4, -0.2) is 38.2 Å². The molecule has 0 fully saturated rings. The molecular formula is C14H14ClNO4S. The summed E-state index contributed by atoms with van der Waals surface area (Å²) in [6, 6.07) is 5.23. The SMILES string of the molecule is O=S(=O)(CCCCl)c1nccc2cc3c(cc12)OCCO3. The van der Waals surface area contributed by atoms with Crippen LogP contribution in [0.25, 0.3) is 10.8 Å². The molecule has 0 saturated heterocycles. The lowest BCUT2D eigenvalue weighted by Crippen LogP contribution is -2.15. The molecule has 112 valence electrons. The van der Waals surface area contributed by atoms with Gasteiger partial charge in [0.1, 0.15) is 13.2 Å². The maximum atomic E-state index is 12.4. The molecule has 0 N–H and O–H groups in total. The molecule has 1 aliphatic rings. The number of benzene rings is 1. The van der Waals surface area contributed by atoms with Crippen molar-refractivity contribution in [1.29, 1.82) is 0 Å². The molecule has 7 heteroatoms. The Morgan fingerprint density at radius 3 is 2.62 bits per heavy atom. The van der Waals surface area contributed by atoms with Gasteiger partial charge in [0.05, 0.1) is 5.75 Å². The highest BCUT2D eigenvalue weighted by molar-refractivity contribution is 7.91. The number of sulfone groups is 1. The van der Waals surface area contributed by atoms with E-state index in [0.29, 0.717) is 42.4 Å². The van der Waals surface area contributed by atoms with Crippen molar-refractivity contribution in [3.8, 4) is 11.5 Å². The van der Waals surface area contributed by atoms with E-state index in [1.54, 1.807) is 18.2 Å². The molecule has 2 heterocycles.